The summed E-state index contributed by atoms with van der Waals surface area (Å²) in [5.41, 5.74) is 3.44. The summed E-state index contributed by atoms with van der Waals surface area (Å²) in [6.07, 6.45) is 0.333. The van der Waals surface area contributed by atoms with Crippen molar-refractivity contribution in [3.63, 3.8) is 0 Å². The molecule has 0 saturated carbocycles. The first kappa shape index (κ1) is 37.2. The van der Waals surface area contributed by atoms with Crippen molar-refractivity contribution in [1.29, 1.82) is 0 Å². The number of hydrogen-bond donors (Lipinski definition) is 3. The van der Waals surface area contributed by atoms with Gasteiger partial charge in [-0.1, -0.05) is 36.4 Å². The van der Waals surface area contributed by atoms with Crippen molar-refractivity contribution in [1.82, 2.24) is 20.5 Å². The van der Waals surface area contributed by atoms with Gasteiger partial charge in [0.15, 0.2) is 0 Å². The van der Waals surface area contributed by atoms with Gasteiger partial charge in [0.1, 0.15) is 5.01 Å². The van der Waals surface area contributed by atoms with Crippen LogP contribution in [-0.2, 0) is 34.3 Å². The smallest absolute Gasteiger partial charge is 0.337 e. The number of nitrogens with zero attached hydrogens (tertiary/aromatic N) is 3. The average molecular weight is 708 g/mol. The fourth-order valence-corrected chi connectivity index (χ4v) is 6.37. The SMILES string of the molecule is COC(=O)c1cc(CNC[C@@H](O)[C@H](Cc2ccccc2)NC(=O)c2cccc(C(=O)N(C)Cc3nc(C)cs3)c2)cc(N(C)S(C)(=O)=O)c1. The number of aliphatic hydroxyl groups excluding tert-OH is 1. The molecular formula is C35H41N5O7S2. The normalized spacial score (nSPS) is 12.5. The van der Waals surface area contributed by atoms with Crippen LogP contribution in [0.2, 0.25) is 0 Å². The lowest BCUT2D eigenvalue weighted by molar-refractivity contribution is 0.0600. The second-order valence-electron chi connectivity index (χ2n) is 11.7. The van der Waals surface area contributed by atoms with E-state index in [0.29, 0.717) is 24.1 Å². The van der Waals surface area contributed by atoms with Gasteiger partial charge in [-0.3, -0.25) is 13.9 Å². The van der Waals surface area contributed by atoms with E-state index in [2.05, 4.69) is 15.6 Å². The third kappa shape index (κ3) is 10.4. The van der Waals surface area contributed by atoms with Crippen LogP contribution in [0.5, 0.6) is 0 Å². The van der Waals surface area contributed by atoms with E-state index in [1.165, 1.54) is 37.6 Å². The van der Waals surface area contributed by atoms with E-state index in [1.54, 1.807) is 42.3 Å². The number of hydrogen-bond acceptors (Lipinski definition) is 10. The fourth-order valence-electron chi connectivity index (χ4n) is 5.06. The standard InChI is InChI=1S/C35H41N5O7S2/c1-23-22-48-32(37-23)21-39(2)34(43)27-13-9-12-26(17-27)33(42)38-30(16-24-10-7-6-8-11-24)31(41)20-36-19-25-14-28(35(44)47-4)18-29(15-25)40(3)49(5,45)46/h6-15,17-18,22,30-31,36,41H,16,19-21H2,1-5H3,(H,38,42)/t30-,31+/m0/s1. The molecule has 0 saturated heterocycles. The predicted molar refractivity (Wildman–Crippen MR) is 189 cm³/mol. The third-order valence-electron chi connectivity index (χ3n) is 7.78. The van der Waals surface area contributed by atoms with E-state index in [-0.39, 0.29) is 35.8 Å². The van der Waals surface area contributed by atoms with Crippen LogP contribution in [0.3, 0.4) is 0 Å². The number of sulfonamides is 1. The first-order valence-electron chi connectivity index (χ1n) is 15.4. The van der Waals surface area contributed by atoms with E-state index in [4.69, 9.17) is 4.74 Å². The number of carbonyl (C=O) groups excluding carboxylic acids is 3. The average Bonchev–Trinajstić information content (AvgIpc) is 3.50. The monoisotopic (exact) mass is 707 g/mol. The minimum atomic E-state index is -3.60. The molecular weight excluding hydrogens is 667 g/mol. The highest BCUT2D eigenvalue weighted by Gasteiger charge is 2.24. The molecule has 49 heavy (non-hydrogen) atoms. The Hall–Kier alpha value is -4.63. The number of methoxy groups -OCH3 is 1. The van der Waals surface area contributed by atoms with Gasteiger partial charge in [-0.2, -0.15) is 0 Å². The largest absolute Gasteiger partial charge is 0.465 e. The second kappa shape index (κ2) is 16.7. The van der Waals surface area contributed by atoms with Gasteiger partial charge in [0.2, 0.25) is 10.0 Å². The van der Waals surface area contributed by atoms with Crippen molar-refractivity contribution in [3.8, 4) is 0 Å². The summed E-state index contributed by atoms with van der Waals surface area (Å²) in [6, 6.07) is 19.8. The molecule has 0 spiro atoms. The number of nitrogens with one attached hydrogen (secondary N) is 2. The molecule has 1 heterocycles. The zero-order chi connectivity index (χ0) is 35.7. The van der Waals surface area contributed by atoms with Crippen LogP contribution < -0.4 is 14.9 Å². The minimum Gasteiger partial charge on any atom is -0.465 e. The maximum atomic E-state index is 13.5. The number of esters is 1. The number of aliphatic hydroxyl groups is 1. The fraction of sp³-hybridized carbons (Fsp3) is 0.314. The van der Waals surface area contributed by atoms with Gasteiger partial charge in [0.05, 0.1) is 43.3 Å². The highest BCUT2D eigenvalue weighted by Crippen LogP contribution is 2.22. The van der Waals surface area contributed by atoms with E-state index in [9.17, 15) is 27.9 Å². The predicted octanol–water partition coefficient (Wildman–Crippen LogP) is 3.40. The molecule has 3 aromatic carbocycles. The van der Waals surface area contributed by atoms with E-state index < -0.39 is 34.0 Å². The molecule has 12 nitrogen and oxygen atoms in total. The molecule has 0 aliphatic carbocycles. The number of carbonyl (C=O) groups is 3. The van der Waals surface area contributed by atoms with E-state index in [1.807, 2.05) is 42.6 Å². The van der Waals surface area contributed by atoms with Crippen LogP contribution in [-0.4, -0.2) is 87.3 Å². The molecule has 0 fully saturated rings. The lowest BCUT2D eigenvalue weighted by Gasteiger charge is -2.25. The van der Waals surface area contributed by atoms with Gasteiger partial charge in [-0.15, -0.1) is 11.3 Å². The molecule has 1 aromatic heterocycles. The number of rotatable bonds is 15. The second-order valence-corrected chi connectivity index (χ2v) is 14.7. The van der Waals surface area contributed by atoms with Crippen LogP contribution >= 0.6 is 11.3 Å². The lowest BCUT2D eigenvalue weighted by Crippen LogP contribution is -2.48. The number of ether oxygens (including phenoxy) is 1. The summed E-state index contributed by atoms with van der Waals surface area (Å²) in [5, 5.41) is 20.2. The zero-order valence-electron chi connectivity index (χ0n) is 28.0. The van der Waals surface area contributed by atoms with Crippen molar-refractivity contribution in [2.24, 2.45) is 0 Å². The molecule has 2 amide bonds. The summed E-state index contributed by atoms with van der Waals surface area (Å²) >= 11 is 1.48. The number of amides is 2. The summed E-state index contributed by atoms with van der Waals surface area (Å²) in [6.45, 7) is 2.47. The minimum absolute atomic E-state index is 0.0526. The number of aryl methyl sites for hydroxylation is 1. The molecule has 4 aromatic rings. The highest BCUT2D eigenvalue weighted by molar-refractivity contribution is 7.92. The van der Waals surface area contributed by atoms with Gasteiger partial charge < -0.3 is 25.4 Å². The van der Waals surface area contributed by atoms with Gasteiger partial charge in [-0.05, 0) is 60.9 Å². The van der Waals surface area contributed by atoms with Crippen LogP contribution in [0.25, 0.3) is 0 Å². The molecule has 4 rings (SSSR count). The maximum Gasteiger partial charge on any atom is 0.337 e. The van der Waals surface area contributed by atoms with Crippen LogP contribution in [0, 0.1) is 6.92 Å². The van der Waals surface area contributed by atoms with Gasteiger partial charge >= 0.3 is 5.97 Å². The number of thiazole rings is 1. The Labute approximate surface area is 290 Å². The molecule has 0 radical (unpaired) electrons. The van der Waals surface area contributed by atoms with Crippen molar-refractivity contribution in [3.05, 3.63) is 117 Å². The quantitative estimate of drug-likeness (QED) is 0.158. The van der Waals surface area contributed by atoms with Crippen molar-refractivity contribution in [2.75, 3.05) is 38.3 Å². The van der Waals surface area contributed by atoms with Gasteiger partial charge in [-0.25, -0.2) is 18.2 Å². The maximum absolute atomic E-state index is 13.5. The van der Waals surface area contributed by atoms with Crippen LogP contribution in [0.15, 0.2) is 78.2 Å². The molecule has 0 aliphatic rings. The number of anilines is 1. The summed E-state index contributed by atoms with van der Waals surface area (Å²) in [4.78, 5) is 45.0. The molecule has 0 bridgehead atoms. The van der Waals surface area contributed by atoms with Gasteiger partial charge in [0, 0.05) is 49.4 Å². The molecule has 3 N–H and O–H groups in total. The van der Waals surface area contributed by atoms with Crippen molar-refractivity contribution < 1.29 is 32.6 Å². The lowest BCUT2D eigenvalue weighted by atomic mass is 10.00. The van der Waals surface area contributed by atoms with Crippen molar-refractivity contribution in [2.45, 2.75) is 38.6 Å². The number of aromatic nitrogens is 1. The number of benzene rings is 3. The van der Waals surface area contributed by atoms with E-state index in [0.717, 1.165) is 26.8 Å². The molecule has 14 heteroatoms. The molecule has 2 atom stereocenters. The van der Waals surface area contributed by atoms with Gasteiger partial charge in [0.25, 0.3) is 11.8 Å². The topological polar surface area (TPSA) is 158 Å². The molecule has 0 unspecified atom stereocenters. The summed E-state index contributed by atoms with van der Waals surface area (Å²) in [7, 11) is 0.708. The zero-order valence-corrected chi connectivity index (χ0v) is 29.7. The third-order valence-corrected chi connectivity index (χ3v) is 9.94. The first-order chi connectivity index (χ1) is 23.2. The Morgan fingerprint density at radius 3 is 2.33 bits per heavy atom. The Morgan fingerprint density at radius 2 is 1.67 bits per heavy atom. The Morgan fingerprint density at radius 1 is 0.959 bits per heavy atom. The van der Waals surface area contributed by atoms with Crippen LogP contribution in [0.4, 0.5) is 5.69 Å². The highest BCUT2D eigenvalue weighted by atomic mass is 32.2. The Bertz CT molecular complexity index is 1880. The molecule has 260 valence electrons. The summed E-state index contributed by atoms with van der Waals surface area (Å²) < 4.78 is 30.2. The van der Waals surface area contributed by atoms with Crippen LogP contribution in [0.1, 0.15) is 52.9 Å². The summed E-state index contributed by atoms with van der Waals surface area (Å²) in [5.74, 6) is -1.33. The van der Waals surface area contributed by atoms with E-state index >= 15 is 0 Å². The Balaban J connectivity index is 1.47. The van der Waals surface area contributed by atoms with Crippen molar-refractivity contribution >= 4 is 44.8 Å². The molecule has 0 aliphatic heterocycles. The Kier molecular flexibility index (Phi) is 12.6. The first-order valence-corrected chi connectivity index (χ1v) is 18.1.